The maximum Gasteiger partial charge on any atom is 0.356 e. The number of aromatic nitrogens is 4. The summed E-state index contributed by atoms with van der Waals surface area (Å²) in [6, 6.07) is 9.00. The Kier molecular flexibility index (Phi) is 16.7. The molecule has 0 aliphatic heterocycles. The van der Waals surface area contributed by atoms with E-state index < -0.39 is 13.6 Å². The lowest BCUT2D eigenvalue weighted by Gasteiger charge is -2.62. The van der Waals surface area contributed by atoms with Gasteiger partial charge in [-0.15, -0.1) is 0 Å². The molecule has 4 aliphatic carbocycles. The van der Waals surface area contributed by atoms with E-state index in [1.807, 2.05) is 30.3 Å². The van der Waals surface area contributed by atoms with Crippen LogP contribution in [0, 0.1) is 46.3 Å². The number of aliphatic hydroxyl groups excluding tert-OH is 2. The van der Waals surface area contributed by atoms with E-state index in [9.17, 15) is 24.4 Å². The molecule has 0 radical (unpaired) electrons. The summed E-state index contributed by atoms with van der Waals surface area (Å²) in [4.78, 5) is 38.2. The van der Waals surface area contributed by atoms with E-state index in [2.05, 4.69) is 35.7 Å². The van der Waals surface area contributed by atoms with E-state index in [-0.39, 0.29) is 72.7 Å². The molecular weight excluding hydrogens is 856 g/mol. The van der Waals surface area contributed by atoms with Crippen LogP contribution in [0.15, 0.2) is 43.0 Å². The topological polar surface area (TPSA) is 224 Å². The average molecular weight is 927 g/mol. The average Bonchev–Trinajstić information content (AvgIpc) is 3.86. The van der Waals surface area contributed by atoms with Crippen molar-refractivity contribution in [2.45, 2.75) is 129 Å². The molecule has 0 bridgehead atoms. The monoisotopic (exact) mass is 926 g/mol. The Bertz CT molecular complexity index is 2060. The van der Waals surface area contributed by atoms with Crippen molar-refractivity contribution in [3.05, 3.63) is 48.5 Å². The quantitative estimate of drug-likeness (QED) is 0.0445. The van der Waals surface area contributed by atoms with Crippen molar-refractivity contribution in [3.63, 3.8) is 0 Å². The molecule has 17 heteroatoms. The van der Waals surface area contributed by atoms with Gasteiger partial charge in [0.1, 0.15) is 18.2 Å². The SMILES string of the molecule is C[C@H](CCC(=O)OCCCOP(=O)(COCCn1cnc2c(N)ncnc21)OCCCSC(=O)[C@@H](N)Cc1ccccc1)[C@H]1CC[C@H]2[C@@H]3[C@@H](O)C[C@@H]4C[C@H](O)CC[C@]4(C)[C@H]3CC[C@]12C. The van der Waals surface area contributed by atoms with Gasteiger partial charge in [-0.3, -0.25) is 14.2 Å². The van der Waals surface area contributed by atoms with Crippen molar-refractivity contribution in [1.82, 2.24) is 19.5 Å². The molecule has 3 aromatic rings. The summed E-state index contributed by atoms with van der Waals surface area (Å²) in [7, 11) is -3.74. The van der Waals surface area contributed by atoms with Crippen LogP contribution in [-0.2, 0) is 45.6 Å². The molecule has 12 atom stereocenters. The zero-order valence-corrected chi connectivity index (χ0v) is 39.6. The van der Waals surface area contributed by atoms with Crippen molar-refractivity contribution in [1.29, 1.82) is 0 Å². The zero-order valence-electron chi connectivity index (χ0n) is 37.9. The van der Waals surface area contributed by atoms with Gasteiger partial charge in [0, 0.05) is 25.1 Å². The third-order valence-corrected chi connectivity index (χ3v) is 18.4. The normalized spacial score (nSPS) is 30.8. The molecule has 0 spiro atoms. The van der Waals surface area contributed by atoms with Gasteiger partial charge in [0.05, 0.1) is 51.0 Å². The molecular formula is C47H71N6O9PS. The van der Waals surface area contributed by atoms with Crippen molar-refractivity contribution in [2.75, 3.05) is 44.3 Å². The van der Waals surface area contributed by atoms with Crippen LogP contribution in [-0.4, -0.2) is 97.6 Å². The van der Waals surface area contributed by atoms with Crippen LogP contribution in [0.1, 0.15) is 103 Å². The zero-order chi connectivity index (χ0) is 45.5. The number of esters is 1. The molecule has 0 saturated heterocycles. The second kappa shape index (κ2) is 21.8. The van der Waals surface area contributed by atoms with Gasteiger partial charge >= 0.3 is 13.6 Å². The van der Waals surface area contributed by atoms with E-state index >= 15 is 0 Å². The van der Waals surface area contributed by atoms with Crippen molar-refractivity contribution < 1.29 is 42.9 Å². The first-order chi connectivity index (χ1) is 30.7. The first-order valence-corrected chi connectivity index (χ1v) is 26.3. The number of hydrogen-bond acceptors (Lipinski definition) is 15. The minimum atomic E-state index is -3.74. The van der Waals surface area contributed by atoms with E-state index in [0.29, 0.717) is 84.7 Å². The Labute approximate surface area is 382 Å². The molecule has 1 aromatic carbocycles. The van der Waals surface area contributed by atoms with Crippen LogP contribution >= 0.6 is 19.4 Å². The molecule has 1 unspecified atom stereocenters. The lowest BCUT2D eigenvalue weighted by Crippen LogP contribution is -2.58. The molecule has 2 heterocycles. The van der Waals surface area contributed by atoms with Crippen LogP contribution in [0.3, 0.4) is 0 Å². The van der Waals surface area contributed by atoms with E-state index in [1.165, 1.54) is 6.33 Å². The molecule has 4 saturated carbocycles. The number of thioether (sulfide) groups is 1. The second-order valence-corrected chi connectivity index (χ2v) is 22.6. The van der Waals surface area contributed by atoms with Gasteiger partial charge < -0.3 is 44.8 Å². The summed E-state index contributed by atoms with van der Waals surface area (Å²) in [5.41, 5.74) is 14.5. The van der Waals surface area contributed by atoms with E-state index in [1.54, 1.807) is 10.9 Å². The lowest BCUT2D eigenvalue weighted by molar-refractivity contribution is -0.174. The number of nitrogen functional groups attached to an aromatic ring is 1. The second-order valence-electron chi connectivity index (χ2n) is 19.5. The number of benzene rings is 1. The smallest absolute Gasteiger partial charge is 0.356 e. The van der Waals surface area contributed by atoms with Crippen LogP contribution in [0.5, 0.6) is 0 Å². The third kappa shape index (κ3) is 11.4. The number of imidazole rings is 1. The van der Waals surface area contributed by atoms with Gasteiger partial charge in [-0.05, 0) is 123 Å². The highest BCUT2D eigenvalue weighted by Crippen LogP contribution is 2.68. The highest BCUT2D eigenvalue weighted by atomic mass is 32.2. The molecule has 7 rings (SSSR count). The molecule has 4 aliphatic rings. The van der Waals surface area contributed by atoms with Gasteiger partial charge in [-0.1, -0.05) is 62.9 Å². The summed E-state index contributed by atoms with van der Waals surface area (Å²) < 4.78 is 38.7. The molecule has 6 N–H and O–H groups in total. The molecule has 15 nitrogen and oxygen atoms in total. The van der Waals surface area contributed by atoms with Crippen LogP contribution in [0.2, 0.25) is 0 Å². The molecule has 2 aromatic heterocycles. The third-order valence-electron chi connectivity index (χ3n) is 15.6. The highest BCUT2D eigenvalue weighted by Gasteiger charge is 2.62. The van der Waals surface area contributed by atoms with Crippen LogP contribution in [0.4, 0.5) is 5.82 Å². The summed E-state index contributed by atoms with van der Waals surface area (Å²) >= 11 is 1.13. The summed E-state index contributed by atoms with van der Waals surface area (Å²) in [5.74, 6) is 3.01. The Morgan fingerprint density at radius 1 is 0.953 bits per heavy atom. The number of nitrogens with two attached hydrogens (primary N) is 2. The number of aliphatic hydroxyl groups is 2. The highest BCUT2D eigenvalue weighted by molar-refractivity contribution is 8.13. The standard InChI is InChI=1S/C47H71N6O9PS/c1-31(35-12-13-36-41-37(16-18-47(35,36)3)46(2)17-15-34(54)26-33(46)27-39(41)55)11-14-40(56)60-20-7-21-61-63(58,30-59-23-19-53-29-52-42-43(49)50-28-51-44(42)53)62-22-8-24-64-45(57)38(48)25-32-9-5-4-6-10-32/h4-6,9-10,28-29,31,33-39,41,54-55H,7-8,11-27,30,48H2,1-3H3,(H2,49,50,51)/t31-,33+,34-,35-,36+,37+,38+,39+,41+,46+,47-,63?/m1/s1. The number of carbonyl (C=O) groups excluding carboxylic acids is 2. The summed E-state index contributed by atoms with van der Waals surface area (Å²) in [6.07, 6.45) is 12.5. The van der Waals surface area contributed by atoms with E-state index in [0.717, 1.165) is 75.1 Å². The number of rotatable bonds is 22. The fraction of sp³-hybridized carbons (Fsp3) is 0.723. The minimum Gasteiger partial charge on any atom is -0.466 e. The van der Waals surface area contributed by atoms with Gasteiger partial charge in [0.15, 0.2) is 11.5 Å². The van der Waals surface area contributed by atoms with Crippen molar-refractivity contribution >= 4 is 47.4 Å². The number of carbonyl (C=O) groups is 2. The van der Waals surface area contributed by atoms with Gasteiger partial charge in [0.2, 0.25) is 5.12 Å². The summed E-state index contributed by atoms with van der Waals surface area (Å²) in [5, 5.41) is 21.9. The number of ether oxygens (including phenoxy) is 2. The van der Waals surface area contributed by atoms with E-state index in [4.69, 9.17) is 30.0 Å². The fourth-order valence-electron chi connectivity index (χ4n) is 12.3. The first kappa shape index (κ1) is 49.0. The van der Waals surface area contributed by atoms with Crippen LogP contribution in [0.25, 0.3) is 11.2 Å². The number of hydrogen-bond donors (Lipinski definition) is 4. The largest absolute Gasteiger partial charge is 0.466 e. The fourth-order valence-corrected chi connectivity index (χ4v) is 14.4. The molecule has 354 valence electrons. The Hall–Kier alpha value is -2.95. The maximum atomic E-state index is 13.9. The summed E-state index contributed by atoms with van der Waals surface area (Å²) in [6.45, 7) is 7.95. The Morgan fingerprint density at radius 2 is 1.70 bits per heavy atom. The Morgan fingerprint density at radius 3 is 2.50 bits per heavy atom. The number of nitrogens with zero attached hydrogens (tertiary/aromatic N) is 4. The number of anilines is 1. The Balaban J connectivity index is 0.837. The van der Waals surface area contributed by atoms with Crippen molar-refractivity contribution in [3.8, 4) is 0 Å². The molecule has 4 fully saturated rings. The predicted molar refractivity (Wildman–Crippen MR) is 247 cm³/mol. The number of fused-ring (bicyclic) bond motifs is 6. The molecule has 0 amide bonds. The minimum absolute atomic E-state index is 0.0322. The lowest BCUT2D eigenvalue weighted by atomic mass is 9.43. The van der Waals surface area contributed by atoms with Crippen LogP contribution < -0.4 is 11.5 Å². The molecule has 64 heavy (non-hydrogen) atoms. The van der Waals surface area contributed by atoms with Crippen molar-refractivity contribution in [2.24, 2.45) is 52.1 Å². The first-order valence-electron chi connectivity index (χ1n) is 23.6. The maximum absolute atomic E-state index is 13.9. The van der Waals surface area contributed by atoms with Gasteiger partial charge in [-0.2, -0.15) is 0 Å². The van der Waals surface area contributed by atoms with Gasteiger partial charge in [0.25, 0.3) is 0 Å². The predicted octanol–water partition coefficient (Wildman–Crippen LogP) is 7.17. The van der Waals surface area contributed by atoms with Gasteiger partial charge in [-0.25, -0.2) is 15.0 Å².